The number of halogens is 1. The highest BCUT2D eigenvalue weighted by Crippen LogP contribution is 2.28. The fourth-order valence-corrected chi connectivity index (χ4v) is 3.50. The Labute approximate surface area is 106 Å². The normalized spacial score (nSPS) is 16.9. The van der Waals surface area contributed by atoms with E-state index < -0.39 is 0 Å². The van der Waals surface area contributed by atoms with E-state index in [1.54, 1.807) is 6.07 Å². The molecular weight excluding hydrogens is 240 g/mol. The second kappa shape index (κ2) is 5.87. The fourth-order valence-electron chi connectivity index (χ4n) is 2.15. The number of nitrogens with zero attached hydrogens (tertiary/aromatic N) is 2. The second-order valence-electron chi connectivity index (χ2n) is 4.41. The zero-order valence-corrected chi connectivity index (χ0v) is 11.2. The van der Waals surface area contributed by atoms with Crippen molar-refractivity contribution in [3.8, 4) is 0 Å². The molecule has 0 aliphatic heterocycles. The van der Waals surface area contributed by atoms with E-state index in [1.807, 2.05) is 18.7 Å². The summed E-state index contributed by atoms with van der Waals surface area (Å²) >= 11 is 7.83. The van der Waals surface area contributed by atoms with Crippen LogP contribution in [0.15, 0.2) is 6.07 Å². The molecule has 1 aromatic rings. The van der Waals surface area contributed by atoms with Gasteiger partial charge in [0.2, 0.25) is 0 Å². The summed E-state index contributed by atoms with van der Waals surface area (Å²) in [6.07, 6.45) is 5.64. The number of rotatable bonds is 4. The predicted molar refractivity (Wildman–Crippen MR) is 69.9 cm³/mol. The number of hydrogen-bond acceptors (Lipinski definition) is 3. The Kier molecular flexibility index (Phi) is 4.47. The topological polar surface area (TPSA) is 25.8 Å². The van der Waals surface area contributed by atoms with E-state index in [9.17, 15) is 0 Å². The van der Waals surface area contributed by atoms with Gasteiger partial charge in [-0.05, 0) is 37.5 Å². The van der Waals surface area contributed by atoms with E-state index in [-0.39, 0.29) is 0 Å². The van der Waals surface area contributed by atoms with E-state index in [1.165, 1.54) is 31.4 Å². The first-order valence-electron chi connectivity index (χ1n) is 5.82. The minimum Gasteiger partial charge on any atom is -0.237 e. The molecule has 0 atom stereocenters. The zero-order valence-electron chi connectivity index (χ0n) is 9.58. The summed E-state index contributed by atoms with van der Waals surface area (Å²) in [5.41, 5.74) is 0.955. The summed E-state index contributed by atoms with van der Waals surface area (Å²) in [6, 6.07) is 1.80. The van der Waals surface area contributed by atoms with Crippen LogP contribution < -0.4 is 0 Å². The third-order valence-corrected chi connectivity index (χ3v) is 4.29. The van der Waals surface area contributed by atoms with Gasteiger partial charge in [0.25, 0.3) is 0 Å². The Morgan fingerprint density at radius 3 is 2.81 bits per heavy atom. The molecule has 0 bridgehead atoms. The van der Waals surface area contributed by atoms with Gasteiger partial charge in [0.05, 0.1) is 5.75 Å². The van der Waals surface area contributed by atoms with Crippen molar-refractivity contribution in [3.05, 3.63) is 22.7 Å². The number of thioether (sulfide) groups is 1. The number of aryl methyl sites for hydroxylation is 1. The molecule has 2 nitrogen and oxygen atoms in total. The van der Waals surface area contributed by atoms with Crippen LogP contribution in [0, 0.1) is 12.8 Å². The molecule has 1 heterocycles. The van der Waals surface area contributed by atoms with Gasteiger partial charge in [-0.15, -0.1) is 0 Å². The Bertz CT molecular complexity index is 331. The van der Waals surface area contributed by atoms with Gasteiger partial charge in [-0.3, -0.25) is 0 Å². The summed E-state index contributed by atoms with van der Waals surface area (Å²) in [6.45, 7) is 1.96. The minimum absolute atomic E-state index is 0.559. The highest BCUT2D eigenvalue weighted by molar-refractivity contribution is 7.98. The Morgan fingerprint density at radius 1 is 1.38 bits per heavy atom. The van der Waals surface area contributed by atoms with Crippen LogP contribution in [-0.2, 0) is 5.75 Å². The molecule has 1 saturated carbocycles. The smallest absolute Gasteiger partial charge is 0.140 e. The van der Waals surface area contributed by atoms with Gasteiger partial charge >= 0.3 is 0 Å². The van der Waals surface area contributed by atoms with Crippen molar-refractivity contribution < 1.29 is 0 Å². The maximum Gasteiger partial charge on any atom is 0.140 e. The quantitative estimate of drug-likeness (QED) is 0.765. The van der Waals surface area contributed by atoms with Crippen LogP contribution in [0.1, 0.15) is 37.2 Å². The molecule has 0 spiro atoms. The van der Waals surface area contributed by atoms with Crippen LogP contribution in [-0.4, -0.2) is 15.7 Å². The summed E-state index contributed by atoms with van der Waals surface area (Å²) in [4.78, 5) is 8.61. The molecule has 16 heavy (non-hydrogen) atoms. The van der Waals surface area contributed by atoms with Crippen LogP contribution in [0.2, 0.25) is 5.15 Å². The average Bonchev–Trinajstić information content (AvgIpc) is 2.69. The van der Waals surface area contributed by atoms with Gasteiger partial charge in [-0.25, -0.2) is 9.97 Å². The van der Waals surface area contributed by atoms with E-state index in [0.717, 1.165) is 23.2 Å². The molecule has 0 amide bonds. The molecule has 1 fully saturated rings. The summed E-state index contributed by atoms with van der Waals surface area (Å²) in [7, 11) is 0. The van der Waals surface area contributed by atoms with Crippen LogP contribution in [0.5, 0.6) is 0 Å². The minimum atomic E-state index is 0.559. The molecule has 0 aromatic carbocycles. The van der Waals surface area contributed by atoms with Crippen LogP contribution >= 0.6 is 23.4 Å². The van der Waals surface area contributed by atoms with Crippen molar-refractivity contribution in [1.29, 1.82) is 0 Å². The van der Waals surface area contributed by atoms with Crippen molar-refractivity contribution in [1.82, 2.24) is 9.97 Å². The highest BCUT2D eigenvalue weighted by atomic mass is 35.5. The lowest BCUT2D eigenvalue weighted by Gasteiger charge is -2.07. The summed E-state index contributed by atoms with van der Waals surface area (Å²) < 4.78 is 0. The first kappa shape index (κ1) is 12.2. The van der Waals surface area contributed by atoms with Gasteiger partial charge in [0, 0.05) is 5.69 Å². The molecule has 0 unspecified atom stereocenters. The van der Waals surface area contributed by atoms with Crippen molar-refractivity contribution in [2.45, 2.75) is 38.4 Å². The van der Waals surface area contributed by atoms with Gasteiger partial charge in [-0.1, -0.05) is 24.4 Å². The second-order valence-corrected chi connectivity index (χ2v) is 5.83. The highest BCUT2D eigenvalue weighted by Gasteiger charge is 2.14. The molecular formula is C12H17ClN2S. The van der Waals surface area contributed by atoms with Crippen LogP contribution in [0.3, 0.4) is 0 Å². The molecule has 88 valence electrons. The third-order valence-electron chi connectivity index (χ3n) is 2.93. The zero-order chi connectivity index (χ0) is 11.4. The molecule has 0 N–H and O–H groups in total. The lowest BCUT2D eigenvalue weighted by atomic mass is 10.1. The number of hydrogen-bond donors (Lipinski definition) is 0. The Morgan fingerprint density at radius 2 is 2.12 bits per heavy atom. The first-order chi connectivity index (χ1) is 7.74. The maximum atomic E-state index is 5.90. The summed E-state index contributed by atoms with van der Waals surface area (Å²) in [5.74, 6) is 3.92. The first-order valence-corrected chi connectivity index (χ1v) is 7.35. The Hall–Kier alpha value is -0.280. The van der Waals surface area contributed by atoms with Crippen molar-refractivity contribution in [2.75, 3.05) is 5.75 Å². The third kappa shape index (κ3) is 3.63. The summed E-state index contributed by atoms with van der Waals surface area (Å²) in [5, 5.41) is 0.559. The van der Waals surface area contributed by atoms with Crippen molar-refractivity contribution in [2.24, 2.45) is 5.92 Å². The molecule has 1 aromatic heterocycles. The van der Waals surface area contributed by atoms with Gasteiger partial charge in [0.1, 0.15) is 11.0 Å². The number of aromatic nitrogens is 2. The molecule has 0 saturated heterocycles. The van der Waals surface area contributed by atoms with Gasteiger partial charge < -0.3 is 0 Å². The molecule has 1 aliphatic carbocycles. The maximum absolute atomic E-state index is 5.90. The average molecular weight is 257 g/mol. The SMILES string of the molecule is Cc1cc(Cl)nc(CSCC2CCCC2)n1. The van der Waals surface area contributed by atoms with Crippen molar-refractivity contribution in [3.63, 3.8) is 0 Å². The van der Waals surface area contributed by atoms with Gasteiger partial charge in [-0.2, -0.15) is 11.8 Å². The van der Waals surface area contributed by atoms with Crippen LogP contribution in [0.4, 0.5) is 0 Å². The largest absolute Gasteiger partial charge is 0.237 e. The standard InChI is InChI=1S/C12H17ClN2S/c1-9-6-11(13)15-12(14-9)8-16-7-10-4-2-3-5-10/h6,10H,2-5,7-8H2,1H3. The fraction of sp³-hybridized carbons (Fsp3) is 0.667. The predicted octanol–water partition coefficient (Wildman–Crippen LogP) is 3.86. The molecule has 0 radical (unpaired) electrons. The van der Waals surface area contributed by atoms with Crippen molar-refractivity contribution >= 4 is 23.4 Å². The van der Waals surface area contributed by atoms with E-state index in [4.69, 9.17) is 11.6 Å². The lowest BCUT2D eigenvalue weighted by molar-refractivity contribution is 0.623. The molecule has 1 aliphatic rings. The molecule has 2 rings (SSSR count). The van der Waals surface area contributed by atoms with Gasteiger partial charge in [0.15, 0.2) is 0 Å². The lowest BCUT2D eigenvalue weighted by Crippen LogP contribution is -2.00. The Balaban J connectivity index is 1.80. The monoisotopic (exact) mass is 256 g/mol. The van der Waals surface area contributed by atoms with Crippen LogP contribution in [0.25, 0.3) is 0 Å². The van der Waals surface area contributed by atoms with E-state index in [0.29, 0.717) is 5.15 Å². The molecule has 4 heteroatoms. The van der Waals surface area contributed by atoms with E-state index in [2.05, 4.69) is 9.97 Å². The van der Waals surface area contributed by atoms with E-state index >= 15 is 0 Å².